The summed E-state index contributed by atoms with van der Waals surface area (Å²) < 4.78 is 47.3. The first-order valence-electron chi connectivity index (χ1n) is 15.0. The summed E-state index contributed by atoms with van der Waals surface area (Å²) in [7, 11) is 0. The zero-order valence-corrected chi connectivity index (χ0v) is 24.6. The third-order valence-electron chi connectivity index (χ3n) is 8.11. The molecule has 45 heavy (non-hydrogen) atoms. The number of hydrogen-bond donors (Lipinski definition) is 3. The van der Waals surface area contributed by atoms with Crippen LogP contribution in [-0.2, 0) is 12.7 Å². The topological polar surface area (TPSA) is 133 Å². The lowest BCUT2D eigenvalue weighted by Crippen LogP contribution is -2.34. The number of benzene rings is 3. The molecule has 3 amide bonds. The molecule has 2 fully saturated rings. The summed E-state index contributed by atoms with van der Waals surface area (Å²) in [6, 6.07) is 16.9. The predicted molar refractivity (Wildman–Crippen MR) is 165 cm³/mol. The molecular formula is C33H35F3N6O3. The summed E-state index contributed by atoms with van der Waals surface area (Å²) in [6.45, 7) is 0.286. The third-order valence-corrected chi connectivity index (χ3v) is 8.11. The Kier molecular flexibility index (Phi) is 9.80. The average molecular weight is 621 g/mol. The molecule has 3 aromatic carbocycles. The van der Waals surface area contributed by atoms with Crippen LogP contribution in [0.5, 0.6) is 5.75 Å². The van der Waals surface area contributed by atoms with Gasteiger partial charge in [0.05, 0.1) is 18.7 Å². The minimum Gasteiger partial charge on any atom is -0.493 e. The standard InChI is InChI=1S/C33H35F3N6O3/c34-33(35,36)28-18-26(14-17-29(28)45-20-22-6-7-22)39-32(44)42(27-15-12-24(13-16-27)23-4-2-1-3-5-23)19-21-8-10-25(11-9-21)30(43)40-31(37)41-38/h8-18,22-23,38H,1-7,19-20H2,(H,39,44)(H2,37,40,43). The summed E-state index contributed by atoms with van der Waals surface area (Å²) in [5.41, 5.74) is 13.8. The fourth-order valence-electron chi connectivity index (χ4n) is 5.41. The molecule has 9 nitrogen and oxygen atoms in total. The number of alkyl halides is 3. The van der Waals surface area contributed by atoms with Crippen molar-refractivity contribution in [1.82, 2.24) is 0 Å². The molecule has 2 aliphatic carbocycles. The van der Waals surface area contributed by atoms with Crippen molar-refractivity contribution < 1.29 is 27.5 Å². The van der Waals surface area contributed by atoms with Crippen molar-refractivity contribution in [3.8, 4) is 5.75 Å². The molecule has 0 heterocycles. The lowest BCUT2D eigenvalue weighted by molar-refractivity contribution is -0.138. The summed E-state index contributed by atoms with van der Waals surface area (Å²) in [4.78, 5) is 30.9. The number of carbonyl (C=O) groups excluding carboxylic acids is 2. The van der Waals surface area contributed by atoms with Gasteiger partial charge in [0.2, 0.25) is 5.96 Å². The van der Waals surface area contributed by atoms with E-state index in [1.54, 1.807) is 12.1 Å². The maximum atomic E-state index is 13.9. The highest BCUT2D eigenvalue weighted by Gasteiger charge is 2.35. The number of anilines is 2. The van der Waals surface area contributed by atoms with Crippen molar-refractivity contribution >= 4 is 29.3 Å². The summed E-state index contributed by atoms with van der Waals surface area (Å²) in [6.07, 6.45) is 3.03. The molecule has 0 radical (unpaired) electrons. The van der Waals surface area contributed by atoms with Gasteiger partial charge in [0.1, 0.15) is 5.75 Å². The number of nitrogens with zero attached hydrogens (tertiary/aromatic N) is 3. The fourth-order valence-corrected chi connectivity index (χ4v) is 5.41. The number of urea groups is 1. The van der Waals surface area contributed by atoms with Crippen molar-refractivity contribution in [2.24, 2.45) is 21.8 Å². The van der Waals surface area contributed by atoms with Gasteiger partial charge in [-0.15, -0.1) is 5.11 Å². The summed E-state index contributed by atoms with van der Waals surface area (Å²) >= 11 is 0. The largest absolute Gasteiger partial charge is 0.493 e. The van der Waals surface area contributed by atoms with E-state index in [1.165, 1.54) is 54.0 Å². The van der Waals surface area contributed by atoms with Crippen molar-refractivity contribution in [3.63, 3.8) is 0 Å². The number of rotatable bonds is 9. The van der Waals surface area contributed by atoms with E-state index in [4.69, 9.17) is 16.0 Å². The maximum absolute atomic E-state index is 13.9. The van der Waals surface area contributed by atoms with Gasteiger partial charge >= 0.3 is 12.2 Å². The molecule has 0 saturated heterocycles. The number of guanidine groups is 1. The fraction of sp³-hybridized carbons (Fsp3) is 0.364. The predicted octanol–water partition coefficient (Wildman–Crippen LogP) is 8.27. The highest BCUT2D eigenvalue weighted by atomic mass is 19.4. The van der Waals surface area contributed by atoms with Gasteiger partial charge in [-0.25, -0.2) is 10.3 Å². The Balaban J connectivity index is 1.39. The lowest BCUT2D eigenvalue weighted by atomic mass is 9.84. The Labute approximate surface area is 259 Å². The van der Waals surface area contributed by atoms with Crippen molar-refractivity contribution in [2.75, 3.05) is 16.8 Å². The van der Waals surface area contributed by atoms with E-state index in [-0.39, 0.29) is 36.1 Å². The second kappa shape index (κ2) is 13.9. The second-order valence-corrected chi connectivity index (χ2v) is 11.5. The molecule has 0 aliphatic heterocycles. The van der Waals surface area contributed by atoms with Crippen LogP contribution in [0.25, 0.3) is 0 Å². The summed E-state index contributed by atoms with van der Waals surface area (Å²) in [5.74, 6) is -0.672. The van der Waals surface area contributed by atoms with Crippen LogP contribution in [0.3, 0.4) is 0 Å². The first-order valence-corrected chi connectivity index (χ1v) is 15.0. The number of carbonyl (C=O) groups is 2. The van der Waals surface area contributed by atoms with E-state index in [0.717, 1.165) is 31.7 Å². The van der Waals surface area contributed by atoms with Crippen LogP contribution < -0.4 is 20.7 Å². The van der Waals surface area contributed by atoms with Gasteiger partial charge in [-0.2, -0.15) is 18.2 Å². The minimum atomic E-state index is -4.67. The molecule has 0 aromatic heterocycles. The van der Waals surface area contributed by atoms with Crippen LogP contribution in [-0.4, -0.2) is 24.5 Å². The molecule has 2 saturated carbocycles. The molecule has 12 heteroatoms. The molecule has 2 aliphatic rings. The molecule has 0 atom stereocenters. The van der Waals surface area contributed by atoms with Crippen LogP contribution in [0.15, 0.2) is 76.8 Å². The lowest BCUT2D eigenvalue weighted by Gasteiger charge is -2.26. The molecule has 5 rings (SSSR count). The van der Waals surface area contributed by atoms with Crippen molar-refractivity contribution in [1.29, 1.82) is 5.53 Å². The monoisotopic (exact) mass is 620 g/mol. The number of ether oxygens (including phenoxy) is 1. The van der Waals surface area contributed by atoms with E-state index in [1.807, 2.05) is 24.3 Å². The molecule has 0 unspecified atom stereocenters. The van der Waals surface area contributed by atoms with Crippen molar-refractivity contribution in [2.45, 2.75) is 63.6 Å². The molecule has 3 aromatic rings. The van der Waals surface area contributed by atoms with Gasteiger partial charge in [-0.1, -0.05) is 43.5 Å². The van der Waals surface area contributed by atoms with Gasteiger partial charge < -0.3 is 15.8 Å². The number of nitrogens with one attached hydrogen (secondary N) is 2. The van der Waals surface area contributed by atoms with Crippen LogP contribution in [0.2, 0.25) is 0 Å². The van der Waals surface area contributed by atoms with E-state index in [9.17, 15) is 22.8 Å². The van der Waals surface area contributed by atoms with E-state index in [2.05, 4.69) is 15.4 Å². The molecule has 4 N–H and O–H groups in total. The number of halogens is 3. The minimum absolute atomic E-state index is 0.0221. The second-order valence-electron chi connectivity index (χ2n) is 11.5. The smallest absolute Gasteiger partial charge is 0.420 e. The number of aliphatic imine (C=N–C) groups is 1. The third kappa shape index (κ3) is 8.46. The van der Waals surface area contributed by atoms with Crippen LogP contribution in [0.4, 0.5) is 29.3 Å². The van der Waals surface area contributed by atoms with E-state index < -0.39 is 29.6 Å². The Bertz CT molecular complexity index is 1550. The van der Waals surface area contributed by atoms with Gasteiger partial charge in [-0.05, 0) is 91.1 Å². The van der Waals surface area contributed by atoms with Gasteiger partial charge in [0.15, 0.2) is 0 Å². The van der Waals surface area contributed by atoms with Crippen LogP contribution >= 0.6 is 0 Å². The van der Waals surface area contributed by atoms with Crippen LogP contribution in [0.1, 0.15) is 77.9 Å². The number of amides is 3. The zero-order chi connectivity index (χ0) is 32.0. The molecular weight excluding hydrogens is 585 g/mol. The Hall–Kier alpha value is -4.74. The number of hydrogen-bond acceptors (Lipinski definition) is 4. The summed E-state index contributed by atoms with van der Waals surface area (Å²) in [5, 5.41) is 5.54. The Morgan fingerprint density at radius 3 is 2.27 bits per heavy atom. The highest BCUT2D eigenvalue weighted by molar-refractivity contribution is 6.03. The SMILES string of the molecule is N=NC(N)=NC(=O)c1ccc(CN(C(=O)Nc2ccc(OCC3CC3)c(C(F)(F)F)c2)c2ccc(C3CCCCC3)cc2)cc1. The van der Waals surface area contributed by atoms with Gasteiger partial charge in [0.25, 0.3) is 5.91 Å². The number of nitrogens with two attached hydrogens (primary N) is 1. The first-order chi connectivity index (χ1) is 21.6. The molecule has 0 spiro atoms. The first kappa shape index (κ1) is 31.7. The average Bonchev–Trinajstić information content (AvgIpc) is 3.88. The highest BCUT2D eigenvalue weighted by Crippen LogP contribution is 2.39. The van der Waals surface area contributed by atoms with Crippen molar-refractivity contribution in [3.05, 3.63) is 89.0 Å². The normalized spacial score (nSPS) is 15.8. The molecule has 236 valence electrons. The quantitative estimate of drug-likeness (QED) is 0.126. The zero-order valence-electron chi connectivity index (χ0n) is 24.6. The van der Waals surface area contributed by atoms with E-state index in [0.29, 0.717) is 17.2 Å². The van der Waals surface area contributed by atoms with E-state index >= 15 is 0 Å². The van der Waals surface area contributed by atoms with Gasteiger partial charge in [0, 0.05) is 16.9 Å². The maximum Gasteiger partial charge on any atom is 0.420 e. The molecule has 0 bridgehead atoms. The van der Waals surface area contributed by atoms with Gasteiger partial charge in [-0.3, -0.25) is 9.69 Å². The Morgan fingerprint density at radius 2 is 1.64 bits per heavy atom. The van der Waals surface area contributed by atoms with Crippen LogP contribution in [0, 0.1) is 11.4 Å². The Morgan fingerprint density at radius 1 is 0.956 bits per heavy atom.